The second kappa shape index (κ2) is 7.60. The maximum atomic E-state index is 11.5. The number of carboxylic acids is 1. The second-order valence-electron chi connectivity index (χ2n) is 7.43. The Bertz CT molecular complexity index is 402. The Morgan fingerprint density at radius 3 is 2.55 bits per heavy atom. The molecule has 4 unspecified atom stereocenters. The summed E-state index contributed by atoms with van der Waals surface area (Å²) in [4.78, 5) is 11.5. The molecular formula is C18H30O4. The van der Waals surface area contributed by atoms with Crippen LogP contribution in [0.3, 0.4) is 0 Å². The minimum Gasteiger partial charge on any atom is -0.481 e. The third-order valence-corrected chi connectivity index (χ3v) is 5.40. The van der Waals surface area contributed by atoms with E-state index in [1.54, 1.807) is 0 Å². The van der Waals surface area contributed by atoms with Gasteiger partial charge >= 0.3 is 5.97 Å². The first-order valence-corrected chi connectivity index (χ1v) is 8.55. The first-order valence-electron chi connectivity index (χ1n) is 8.55. The standard InChI is InChI=1S/C18H30O4/c1-4-18(2,3)10-5-11-21-12-22-16-14-8-6-13(7-9-14)15(16)17(19)20/h6,8,13-16H,4-5,7,9-12H2,1-3H3,(H,19,20). The summed E-state index contributed by atoms with van der Waals surface area (Å²) in [6, 6.07) is 0. The lowest BCUT2D eigenvalue weighted by Gasteiger charge is -2.42. The maximum Gasteiger partial charge on any atom is 0.309 e. The molecular weight excluding hydrogens is 280 g/mol. The van der Waals surface area contributed by atoms with E-state index < -0.39 is 11.9 Å². The van der Waals surface area contributed by atoms with Gasteiger partial charge in [0.2, 0.25) is 0 Å². The number of rotatable bonds is 9. The molecule has 3 aliphatic carbocycles. The molecule has 0 aliphatic heterocycles. The Morgan fingerprint density at radius 1 is 1.27 bits per heavy atom. The van der Waals surface area contributed by atoms with Gasteiger partial charge in [0.25, 0.3) is 0 Å². The highest BCUT2D eigenvalue weighted by atomic mass is 16.7. The molecule has 1 fully saturated rings. The molecule has 0 spiro atoms. The van der Waals surface area contributed by atoms with Gasteiger partial charge in [-0.25, -0.2) is 0 Å². The molecule has 22 heavy (non-hydrogen) atoms. The molecule has 0 radical (unpaired) electrons. The van der Waals surface area contributed by atoms with Gasteiger partial charge in [-0.3, -0.25) is 4.79 Å². The van der Waals surface area contributed by atoms with Gasteiger partial charge in [-0.1, -0.05) is 39.3 Å². The predicted octanol–water partition coefficient (Wildman–Crippen LogP) is 3.86. The summed E-state index contributed by atoms with van der Waals surface area (Å²) >= 11 is 0. The van der Waals surface area contributed by atoms with Crippen molar-refractivity contribution >= 4 is 5.97 Å². The van der Waals surface area contributed by atoms with Crippen molar-refractivity contribution in [1.82, 2.24) is 0 Å². The molecule has 1 N–H and O–H groups in total. The highest BCUT2D eigenvalue weighted by Gasteiger charge is 2.45. The summed E-state index contributed by atoms with van der Waals surface area (Å²) in [5.74, 6) is -0.799. The third kappa shape index (κ3) is 4.32. The summed E-state index contributed by atoms with van der Waals surface area (Å²) in [7, 11) is 0. The van der Waals surface area contributed by atoms with Gasteiger partial charge in [0, 0.05) is 12.5 Å². The Kier molecular flexibility index (Phi) is 6.04. The maximum absolute atomic E-state index is 11.5. The van der Waals surface area contributed by atoms with Crippen molar-refractivity contribution in [3.05, 3.63) is 12.2 Å². The topological polar surface area (TPSA) is 55.8 Å². The van der Waals surface area contributed by atoms with Crippen LogP contribution in [0.1, 0.15) is 52.9 Å². The van der Waals surface area contributed by atoms with Gasteiger partial charge in [-0.2, -0.15) is 0 Å². The molecule has 0 saturated heterocycles. The van der Waals surface area contributed by atoms with Crippen molar-refractivity contribution in [2.45, 2.75) is 59.0 Å². The van der Waals surface area contributed by atoms with E-state index in [4.69, 9.17) is 9.47 Å². The van der Waals surface area contributed by atoms with Crippen molar-refractivity contribution in [1.29, 1.82) is 0 Å². The molecule has 3 rings (SSSR count). The number of hydrogen-bond donors (Lipinski definition) is 1. The number of hydrogen-bond acceptors (Lipinski definition) is 3. The monoisotopic (exact) mass is 310 g/mol. The van der Waals surface area contributed by atoms with Crippen molar-refractivity contribution in [2.24, 2.45) is 23.2 Å². The zero-order valence-corrected chi connectivity index (χ0v) is 14.1. The number of carboxylic acid groups (broad SMARTS) is 1. The Morgan fingerprint density at radius 2 is 1.95 bits per heavy atom. The van der Waals surface area contributed by atoms with Gasteiger partial charge in [0.15, 0.2) is 0 Å². The molecule has 4 nitrogen and oxygen atoms in total. The lowest BCUT2D eigenvalue weighted by molar-refractivity contribution is -0.169. The highest BCUT2D eigenvalue weighted by molar-refractivity contribution is 5.72. The predicted molar refractivity (Wildman–Crippen MR) is 85.5 cm³/mol. The van der Waals surface area contributed by atoms with Crippen LogP contribution >= 0.6 is 0 Å². The molecule has 2 bridgehead atoms. The summed E-state index contributed by atoms with van der Waals surface area (Å²) in [5, 5.41) is 9.43. The molecule has 126 valence electrons. The van der Waals surface area contributed by atoms with E-state index in [0.717, 1.165) is 25.7 Å². The quantitative estimate of drug-likeness (QED) is 0.399. The molecule has 1 saturated carbocycles. The Balaban J connectivity index is 1.70. The number of carbonyl (C=O) groups is 1. The van der Waals surface area contributed by atoms with E-state index in [-0.39, 0.29) is 24.7 Å². The van der Waals surface area contributed by atoms with Crippen LogP contribution in [0.2, 0.25) is 0 Å². The molecule has 0 aromatic carbocycles. The molecule has 0 heterocycles. The fourth-order valence-electron chi connectivity index (χ4n) is 3.51. The van der Waals surface area contributed by atoms with E-state index in [2.05, 4.69) is 32.9 Å². The normalized spacial score (nSPS) is 30.7. The fraction of sp³-hybridized carbons (Fsp3) is 0.833. The Labute approximate surface area is 133 Å². The summed E-state index contributed by atoms with van der Waals surface area (Å²) < 4.78 is 11.4. The largest absolute Gasteiger partial charge is 0.481 e. The van der Waals surface area contributed by atoms with Gasteiger partial charge < -0.3 is 14.6 Å². The summed E-state index contributed by atoms with van der Waals surface area (Å²) in [6.45, 7) is 7.63. The van der Waals surface area contributed by atoms with Crippen molar-refractivity contribution in [3.63, 3.8) is 0 Å². The molecule has 0 aromatic rings. The van der Waals surface area contributed by atoms with Crippen LogP contribution in [-0.4, -0.2) is 30.6 Å². The lowest BCUT2D eigenvalue weighted by atomic mass is 9.67. The average Bonchev–Trinajstić information content (AvgIpc) is 2.51. The lowest BCUT2D eigenvalue weighted by Crippen LogP contribution is -2.46. The molecule has 4 atom stereocenters. The third-order valence-electron chi connectivity index (χ3n) is 5.40. The number of ether oxygens (including phenoxy) is 2. The van der Waals surface area contributed by atoms with Gasteiger partial charge in [0.1, 0.15) is 6.79 Å². The van der Waals surface area contributed by atoms with Crippen LogP contribution in [0.4, 0.5) is 0 Å². The van der Waals surface area contributed by atoms with Crippen LogP contribution in [-0.2, 0) is 14.3 Å². The van der Waals surface area contributed by atoms with Crippen molar-refractivity contribution in [2.75, 3.05) is 13.4 Å². The van der Waals surface area contributed by atoms with Crippen LogP contribution in [0, 0.1) is 23.2 Å². The summed E-state index contributed by atoms with van der Waals surface area (Å²) in [5.41, 5.74) is 0.367. The van der Waals surface area contributed by atoms with E-state index in [0.29, 0.717) is 12.0 Å². The summed E-state index contributed by atoms with van der Waals surface area (Å²) in [6.07, 6.45) is 9.27. The molecule has 0 aromatic heterocycles. The van der Waals surface area contributed by atoms with Crippen molar-refractivity contribution < 1.29 is 19.4 Å². The SMILES string of the molecule is CCC(C)(C)CCCOCOC1C2C=CC(CC2)C1C(=O)O. The first-order chi connectivity index (χ1) is 10.4. The first kappa shape index (κ1) is 17.5. The number of fused-ring (bicyclic) bond motifs is 2. The van der Waals surface area contributed by atoms with E-state index in [9.17, 15) is 9.90 Å². The van der Waals surface area contributed by atoms with Crippen LogP contribution in [0.5, 0.6) is 0 Å². The van der Waals surface area contributed by atoms with Crippen LogP contribution < -0.4 is 0 Å². The van der Waals surface area contributed by atoms with E-state index >= 15 is 0 Å². The smallest absolute Gasteiger partial charge is 0.309 e. The highest BCUT2D eigenvalue weighted by Crippen LogP contribution is 2.42. The van der Waals surface area contributed by atoms with Gasteiger partial charge in [0.05, 0.1) is 12.0 Å². The minimum absolute atomic E-state index is 0.123. The van der Waals surface area contributed by atoms with Crippen LogP contribution in [0.25, 0.3) is 0 Å². The second-order valence-corrected chi connectivity index (χ2v) is 7.43. The van der Waals surface area contributed by atoms with Crippen LogP contribution in [0.15, 0.2) is 12.2 Å². The zero-order valence-electron chi connectivity index (χ0n) is 14.1. The molecule has 3 aliphatic rings. The number of aliphatic carboxylic acids is 1. The van der Waals surface area contributed by atoms with Gasteiger partial charge in [-0.05, 0) is 37.0 Å². The molecule has 4 heteroatoms. The minimum atomic E-state index is -0.742. The molecule has 0 amide bonds. The average molecular weight is 310 g/mol. The van der Waals surface area contributed by atoms with Crippen molar-refractivity contribution in [3.8, 4) is 0 Å². The van der Waals surface area contributed by atoms with E-state index in [1.807, 2.05) is 0 Å². The fourth-order valence-corrected chi connectivity index (χ4v) is 3.51. The Hall–Kier alpha value is -0.870. The number of allylic oxidation sites excluding steroid dienone is 1. The van der Waals surface area contributed by atoms with Gasteiger partial charge in [-0.15, -0.1) is 0 Å². The van der Waals surface area contributed by atoms with E-state index in [1.165, 1.54) is 6.42 Å². The zero-order chi connectivity index (χ0) is 16.2.